The van der Waals surface area contributed by atoms with Crippen molar-refractivity contribution in [1.29, 1.82) is 0 Å². The van der Waals surface area contributed by atoms with E-state index in [1.165, 1.54) is 7.11 Å². The Morgan fingerprint density at radius 3 is 2.25 bits per heavy atom. The molecule has 0 radical (unpaired) electrons. The minimum atomic E-state index is -0.689. The van der Waals surface area contributed by atoms with Gasteiger partial charge in [-0.15, -0.1) is 0 Å². The molecule has 1 aromatic heterocycles. The van der Waals surface area contributed by atoms with E-state index in [2.05, 4.69) is 29.3 Å². The smallest absolute Gasteiger partial charge is 0.433 e. The molecule has 0 atom stereocenters. The number of nitrogens with one attached hydrogen (secondary N) is 1. The van der Waals surface area contributed by atoms with Crippen molar-refractivity contribution in [1.82, 2.24) is 20.2 Å². The van der Waals surface area contributed by atoms with Crippen LogP contribution in [-0.4, -0.2) is 67.1 Å². The summed E-state index contributed by atoms with van der Waals surface area (Å²) in [6.07, 6.45) is 1.42. The molecular weight excluding hydrogens is 502 g/mol. The van der Waals surface area contributed by atoms with Gasteiger partial charge in [0.25, 0.3) is 5.91 Å². The molecule has 1 aliphatic rings. The SMILES string of the molecule is COC(=O)N(NC(=O)c1c(CN(C)C2CCN(C)CC2)c(-c2ccccc2)nc2ccccc12)c1ccccc1. The molecule has 0 bridgehead atoms. The van der Waals surface area contributed by atoms with Crippen molar-refractivity contribution in [3.8, 4) is 11.3 Å². The van der Waals surface area contributed by atoms with Crippen LogP contribution in [0.5, 0.6) is 0 Å². The number of methoxy groups -OCH3 is 1. The van der Waals surface area contributed by atoms with Gasteiger partial charge < -0.3 is 9.64 Å². The number of hydrogen-bond donors (Lipinski definition) is 1. The first-order chi connectivity index (χ1) is 19.5. The van der Waals surface area contributed by atoms with Gasteiger partial charge in [-0.25, -0.2) is 9.78 Å². The predicted molar refractivity (Wildman–Crippen MR) is 158 cm³/mol. The molecule has 206 valence electrons. The molecule has 0 unspecified atom stereocenters. The van der Waals surface area contributed by atoms with Gasteiger partial charge in [-0.1, -0.05) is 66.7 Å². The van der Waals surface area contributed by atoms with Gasteiger partial charge in [-0.2, -0.15) is 5.01 Å². The van der Waals surface area contributed by atoms with Crippen LogP contribution in [0.25, 0.3) is 22.2 Å². The Morgan fingerprint density at radius 1 is 0.950 bits per heavy atom. The summed E-state index contributed by atoms with van der Waals surface area (Å²) in [5.41, 5.74) is 7.05. The van der Waals surface area contributed by atoms with Crippen molar-refractivity contribution in [2.24, 2.45) is 0 Å². The average molecular weight is 538 g/mol. The molecule has 3 aromatic carbocycles. The van der Waals surface area contributed by atoms with E-state index in [0.29, 0.717) is 29.4 Å². The van der Waals surface area contributed by atoms with Gasteiger partial charge in [0, 0.05) is 29.1 Å². The standard InChI is InChI=1S/C32H35N5O3/c1-35-20-18-24(19-21-35)36(2)22-27-29(31(38)34-37(32(39)40-3)25-14-8-5-9-15-25)26-16-10-11-17-28(26)33-30(27)23-12-6-4-7-13-23/h4-17,24H,18-22H2,1-3H3,(H,34,38). The topological polar surface area (TPSA) is 78.0 Å². The summed E-state index contributed by atoms with van der Waals surface area (Å²) < 4.78 is 5.01. The first kappa shape index (κ1) is 27.3. The number of anilines is 1. The average Bonchev–Trinajstić information content (AvgIpc) is 3.00. The third-order valence-electron chi connectivity index (χ3n) is 7.57. The summed E-state index contributed by atoms with van der Waals surface area (Å²) in [7, 11) is 5.56. The Balaban J connectivity index is 1.63. The van der Waals surface area contributed by atoms with Crippen LogP contribution in [0.4, 0.5) is 10.5 Å². The van der Waals surface area contributed by atoms with Crippen LogP contribution in [0.2, 0.25) is 0 Å². The Hall–Kier alpha value is -4.27. The van der Waals surface area contributed by atoms with Gasteiger partial charge in [-0.05, 0) is 58.2 Å². The number of fused-ring (bicyclic) bond motifs is 1. The third kappa shape index (κ3) is 5.83. The van der Waals surface area contributed by atoms with E-state index in [1.807, 2.05) is 60.7 Å². The molecule has 1 saturated heterocycles. The number of piperidine rings is 1. The van der Waals surface area contributed by atoms with Gasteiger partial charge in [0.2, 0.25) is 0 Å². The summed E-state index contributed by atoms with van der Waals surface area (Å²) in [6, 6.07) is 26.9. The number of para-hydroxylation sites is 2. The van der Waals surface area contributed by atoms with Crippen LogP contribution >= 0.6 is 0 Å². The molecule has 2 heterocycles. The molecule has 0 aliphatic carbocycles. The van der Waals surface area contributed by atoms with Gasteiger partial charge in [0.05, 0.1) is 29.6 Å². The quantitative estimate of drug-likeness (QED) is 0.334. The van der Waals surface area contributed by atoms with E-state index < -0.39 is 12.0 Å². The molecule has 1 N–H and O–H groups in total. The molecule has 8 heteroatoms. The number of hydrogen-bond acceptors (Lipinski definition) is 6. The van der Waals surface area contributed by atoms with Crippen LogP contribution in [0.3, 0.4) is 0 Å². The van der Waals surface area contributed by atoms with Gasteiger partial charge in [0.1, 0.15) is 0 Å². The molecule has 1 fully saturated rings. The second-order valence-corrected chi connectivity index (χ2v) is 10.2. The first-order valence-electron chi connectivity index (χ1n) is 13.6. The molecular formula is C32H35N5O3. The second kappa shape index (κ2) is 12.3. The van der Waals surface area contributed by atoms with E-state index in [1.54, 1.807) is 24.3 Å². The summed E-state index contributed by atoms with van der Waals surface area (Å²) in [5.74, 6) is -0.406. The zero-order chi connectivity index (χ0) is 28.1. The number of rotatable bonds is 6. The van der Waals surface area contributed by atoms with Crippen LogP contribution < -0.4 is 10.4 Å². The highest BCUT2D eigenvalue weighted by molar-refractivity contribution is 6.10. The number of hydrazine groups is 1. The Kier molecular flexibility index (Phi) is 8.38. The highest BCUT2D eigenvalue weighted by Crippen LogP contribution is 2.32. The predicted octanol–water partition coefficient (Wildman–Crippen LogP) is 5.35. The molecule has 0 saturated carbocycles. The number of nitrogens with zero attached hydrogens (tertiary/aromatic N) is 4. The summed E-state index contributed by atoms with van der Waals surface area (Å²) in [6.45, 7) is 2.60. The normalized spacial score (nSPS) is 14.3. The number of aromatic nitrogens is 1. The third-order valence-corrected chi connectivity index (χ3v) is 7.57. The Labute approximate surface area is 235 Å². The highest BCUT2D eigenvalue weighted by Gasteiger charge is 2.28. The maximum absolute atomic E-state index is 14.3. The molecule has 2 amide bonds. The van der Waals surface area contributed by atoms with E-state index in [-0.39, 0.29) is 0 Å². The summed E-state index contributed by atoms with van der Waals surface area (Å²) in [5, 5.41) is 1.87. The lowest BCUT2D eigenvalue weighted by molar-refractivity contribution is 0.0938. The van der Waals surface area contributed by atoms with Crippen LogP contribution in [-0.2, 0) is 11.3 Å². The van der Waals surface area contributed by atoms with E-state index >= 15 is 0 Å². The fourth-order valence-corrected chi connectivity index (χ4v) is 5.36. The Morgan fingerprint density at radius 2 is 1.57 bits per heavy atom. The zero-order valence-corrected chi connectivity index (χ0v) is 23.2. The largest absolute Gasteiger partial charge is 0.451 e. The minimum Gasteiger partial charge on any atom is -0.451 e. The lowest BCUT2D eigenvalue weighted by Crippen LogP contribution is -2.47. The van der Waals surface area contributed by atoms with Crippen LogP contribution in [0, 0.1) is 0 Å². The summed E-state index contributed by atoms with van der Waals surface area (Å²) in [4.78, 5) is 36.8. The number of amides is 2. The lowest BCUT2D eigenvalue weighted by atomic mass is 9.94. The van der Waals surface area contributed by atoms with Crippen LogP contribution in [0.1, 0.15) is 28.8 Å². The molecule has 0 spiro atoms. The van der Waals surface area contributed by atoms with Crippen LogP contribution in [0.15, 0.2) is 84.9 Å². The Bertz CT molecular complexity index is 1470. The maximum Gasteiger partial charge on any atom is 0.433 e. The summed E-state index contributed by atoms with van der Waals surface area (Å²) >= 11 is 0. The highest BCUT2D eigenvalue weighted by atomic mass is 16.5. The molecule has 40 heavy (non-hydrogen) atoms. The van der Waals surface area contributed by atoms with Gasteiger partial charge in [-0.3, -0.25) is 15.1 Å². The molecule has 8 nitrogen and oxygen atoms in total. The van der Waals surface area contributed by atoms with Crippen molar-refractivity contribution in [2.45, 2.75) is 25.4 Å². The lowest BCUT2D eigenvalue weighted by Gasteiger charge is -2.35. The first-order valence-corrected chi connectivity index (χ1v) is 13.6. The molecule has 5 rings (SSSR count). The zero-order valence-electron chi connectivity index (χ0n) is 23.2. The minimum absolute atomic E-state index is 0.387. The molecule has 1 aliphatic heterocycles. The monoisotopic (exact) mass is 537 g/mol. The molecule has 4 aromatic rings. The number of pyridine rings is 1. The van der Waals surface area contributed by atoms with E-state index in [4.69, 9.17) is 9.72 Å². The second-order valence-electron chi connectivity index (χ2n) is 10.2. The van der Waals surface area contributed by atoms with E-state index in [0.717, 1.165) is 53.1 Å². The van der Waals surface area contributed by atoms with Crippen molar-refractivity contribution >= 4 is 28.6 Å². The van der Waals surface area contributed by atoms with Crippen molar-refractivity contribution in [3.63, 3.8) is 0 Å². The number of likely N-dealkylation sites (tertiary alicyclic amines) is 1. The van der Waals surface area contributed by atoms with Gasteiger partial charge >= 0.3 is 6.09 Å². The van der Waals surface area contributed by atoms with E-state index in [9.17, 15) is 9.59 Å². The number of benzene rings is 3. The van der Waals surface area contributed by atoms with Gasteiger partial charge in [0.15, 0.2) is 0 Å². The number of carbonyl (C=O) groups excluding carboxylic acids is 2. The fraction of sp³-hybridized carbons (Fsp3) is 0.281. The number of ether oxygens (including phenoxy) is 1. The van der Waals surface area contributed by atoms with Crippen molar-refractivity contribution in [2.75, 3.05) is 39.3 Å². The number of carbonyl (C=O) groups is 2. The van der Waals surface area contributed by atoms with Crippen molar-refractivity contribution in [3.05, 3.63) is 96.1 Å². The van der Waals surface area contributed by atoms with Crippen molar-refractivity contribution < 1.29 is 14.3 Å². The fourth-order valence-electron chi connectivity index (χ4n) is 5.36. The maximum atomic E-state index is 14.3.